The Morgan fingerprint density at radius 1 is 1.39 bits per heavy atom. The number of carbonyl (C=O) groups is 1. The highest BCUT2D eigenvalue weighted by Gasteiger charge is 2.23. The molecule has 1 saturated heterocycles. The number of amides is 2. The van der Waals surface area contributed by atoms with Crippen LogP contribution < -0.4 is 5.32 Å². The molecule has 1 aliphatic rings. The van der Waals surface area contributed by atoms with Crippen LogP contribution in [-0.2, 0) is 16.4 Å². The zero-order valence-electron chi connectivity index (χ0n) is 13.9. The molecule has 7 heteroatoms. The summed E-state index contributed by atoms with van der Waals surface area (Å²) >= 11 is 0. The minimum atomic E-state index is -3.36. The number of nitrogens with zero attached hydrogens (tertiary/aromatic N) is 2. The number of hydrogen-bond acceptors (Lipinski definition) is 4. The summed E-state index contributed by atoms with van der Waals surface area (Å²) in [6.07, 6.45) is 4.80. The monoisotopic (exact) mass is 339 g/mol. The quantitative estimate of drug-likeness (QED) is 0.914. The van der Waals surface area contributed by atoms with Gasteiger partial charge in [0, 0.05) is 25.5 Å². The lowest BCUT2D eigenvalue weighted by molar-refractivity contribution is 0.193. The predicted octanol–water partition coefficient (Wildman–Crippen LogP) is 2.06. The van der Waals surface area contributed by atoms with Crippen molar-refractivity contribution in [1.82, 2.24) is 15.2 Å². The van der Waals surface area contributed by atoms with Crippen molar-refractivity contribution in [1.29, 1.82) is 0 Å². The fraction of sp³-hybridized carbons (Fsp3) is 0.625. The van der Waals surface area contributed by atoms with E-state index in [-0.39, 0.29) is 17.5 Å². The van der Waals surface area contributed by atoms with Gasteiger partial charge in [-0.1, -0.05) is 13.8 Å². The van der Waals surface area contributed by atoms with Crippen LogP contribution in [0, 0.1) is 11.8 Å². The standard InChI is InChI=1S/C16H25N3O3S/c1-12-6-8-19(11-13(2)9-12)16(20)18-10-14-15(23(3,21)22)5-4-7-17-14/h4-5,7,12-13H,6,8-11H2,1-3H3,(H,18,20)/t12-,13-/m0/s1. The number of rotatable bonds is 3. The first-order valence-corrected chi connectivity index (χ1v) is 9.83. The van der Waals surface area contributed by atoms with E-state index in [2.05, 4.69) is 24.1 Å². The van der Waals surface area contributed by atoms with Gasteiger partial charge in [0.1, 0.15) is 0 Å². The molecule has 0 aliphatic carbocycles. The van der Waals surface area contributed by atoms with Crippen molar-refractivity contribution in [2.45, 2.75) is 38.1 Å². The average molecular weight is 339 g/mol. The van der Waals surface area contributed by atoms with Gasteiger partial charge in [-0.2, -0.15) is 0 Å². The first-order chi connectivity index (χ1) is 10.8. The van der Waals surface area contributed by atoms with Gasteiger partial charge in [-0.15, -0.1) is 0 Å². The largest absolute Gasteiger partial charge is 0.332 e. The van der Waals surface area contributed by atoms with Crippen LogP contribution in [0.1, 0.15) is 32.4 Å². The number of nitrogens with one attached hydrogen (secondary N) is 1. The van der Waals surface area contributed by atoms with Crippen LogP contribution in [0.5, 0.6) is 0 Å². The van der Waals surface area contributed by atoms with Crippen molar-refractivity contribution in [3.05, 3.63) is 24.0 Å². The molecule has 1 N–H and O–H groups in total. The summed E-state index contributed by atoms with van der Waals surface area (Å²) in [5.41, 5.74) is 0.375. The summed E-state index contributed by atoms with van der Waals surface area (Å²) in [5.74, 6) is 1.09. The molecule has 1 aliphatic heterocycles. The number of likely N-dealkylation sites (tertiary alicyclic amines) is 1. The number of carbonyl (C=O) groups excluding carboxylic acids is 1. The van der Waals surface area contributed by atoms with Gasteiger partial charge in [0.2, 0.25) is 0 Å². The molecular weight excluding hydrogens is 314 g/mol. The summed E-state index contributed by atoms with van der Waals surface area (Å²) in [6.45, 7) is 5.95. The van der Waals surface area contributed by atoms with Crippen molar-refractivity contribution in [2.24, 2.45) is 11.8 Å². The molecule has 6 nitrogen and oxygen atoms in total. The highest BCUT2D eigenvalue weighted by Crippen LogP contribution is 2.21. The summed E-state index contributed by atoms with van der Waals surface area (Å²) in [4.78, 5) is 18.5. The third-order valence-electron chi connectivity index (χ3n) is 4.17. The van der Waals surface area contributed by atoms with Gasteiger partial charge in [-0.25, -0.2) is 13.2 Å². The molecule has 1 aromatic heterocycles. The molecular formula is C16H25N3O3S. The molecule has 0 spiro atoms. The topological polar surface area (TPSA) is 79.4 Å². The van der Waals surface area contributed by atoms with E-state index >= 15 is 0 Å². The third-order valence-corrected chi connectivity index (χ3v) is 5.34. The Kier molecular flexibility index (Phi) is 5.62. The zero-order chi connectivity index (χ0) is 17.0. The summed E-state index contributed by atoms with van der Waals surface area (Å²) < 4.78 is 23.5. The highest BCUT2D eigenvalue weighted by atomic mass is 32.2. The number of hydrogen-bond donors (Lipinski definition) is 1. The van der Waals surface area contributed by atoms with Crippen LogP contribution in [0.4, 0.5) is 4.79 Å². The first-order valence-electron chi connectivity index (χ1n) is 7.94. The Bertz CT molecular complexity index is 660. The van der Waals surface area contributed by atoms with E-state index in [9.17, 15) is 13.2 Å². The van der Waals surface area contributed by atoms with Gasteiger partial charge < -0.3 is 10.2 Å². The fourth-order valence-corrected chi connectivity index (χ4v) is 3.95. The summed E-state index contributed by atoms with van der Waals surface area (Å²) in [5, 5.41) is 2.80. The van der Waals surface area contributed by atoms with Crippen molar-refractivity contribution in [3.8, 4) is 0 Å². The van der Waals surface area contributed by atoms with Crippen LogP contribution in [0.15, 0.2) is 23.2 Å². The Balaban J connectivity index is 2.02. The zero-order valence-corrected chi connectivity index (χ0v) is 14.8. The SMILES string of the molecule is C[C@H]1CCN(C(=O)NCc2ncccc2S(C)(=O)=O)C[C@@H](C)C1. The first kappa shape index (κ1) is 17.7. The van der Waals surface area contributed by atoms with E-state index in [1.54, 1.807) is 6.07 Å². The van der Waals surface area contributed by atoms with E-state index in [1.807, 2.05) is 4.90 Å². The van der Waals surface area contributed by atoms with Gasteiger partial charge >= 0.3 is 6.03 Å². The van der Waals surface area contributed by atoms with Crippen LogP contribution in [0.3, 0.4) is 0 Å². The molecule has 2 amide bonds. The van der Waals surface area contributed by atoms with E-state index < -0.39 is 9.84 Å². The van der Waals surface area contributed by atoms with Crippen LogP contribution in [0.2, 0.25) is 0 Å². The maximum absolute atomic E-state index is 12.4. The van der Waals surface area contributed by atoms with Gasteiger partial charge in [0.15, 0.2) is 9.84 Å². The molecule has 2 heterocycles. The second-order valence-corrected chi connectivity index (χ2v) is 8.54. The average Bonchev–Trinajstić information content (AvgIpc) is 2.64. The molecule has 1 aromatic rings. The minimum Gasteiger partial charge on any atom is -0.332 e. The van der Waals surface area contributed by atoms with Gasteiger partial charge in [0.25, 0.3) is 0 Å². The van der Waals surface area contributed by atoms with E-state index in [1.165, 1.54) is 12.3 Å². The number of urea groups is 1. The molecule has 0 unspecified atom stereocenters. The van der Waals surface area contributed by atoms with E-state index in [0.717, 1.165) is 32.2 Å². The van der Waals surface area contributed by atoms with Gasteiger partial charge in [0.05, 0.1) is 17.1 Å². The molecule has 128 valence electrons. The van der Waals surface area contributed by atoms with Crippen molar-refractivity contribution < 1.29 is 13.2 Å². The van der Waals surface area contributed by atoms with E-state index in [0.29, 0.717) is 17.5 Å². The maximum atomic E-state index is 12.4. The predicted molar refractivity (Wildman–Crippen MR) is 88.7 cm³/mol. The highest BCUT2D eigenvalue weighted by molar-refractivity contribution is 7.90. The Morgan fingerprint density at radius 2 is 2.13 bits per heavy atom. The summed E-state index contributed by atoms with van der Waals surface area (Å²) in [7, 11) is -3.36. The molecule has 1 fully saturated rings. The van der Waals surface area contributed by atoms with E-state index in [4.69, 9.17) is 0 Å². The Hall–Kier alpha value is -1.63. The minimum absolute atomic E-state index is 0.114. The van der Waals surface area contributed by atoms with Crippen molar-refractivity contribution in [2.75, 3.05) is 19.3 Å². The summed E-state index contributed by atoms with van der Waals surface area (Å²) in [6, 6.07) is 2.94. The smallest absolute Gasteiger partial charge is 0.317 e. The van der Waals surface area contributed by atoms with Gasteiger partial charge in [-0.3, -0.25) is 4.98 Å². The fourth-order valence-electron chi connectivity index (χ4n) is 3.07. The number of pyridine rings is 1. The molecule has 23 heavy (non-hydrogen) atoms. The number of aromatic nitrogens is 1. The van der Waals surface area contributed by atoms with Crippen molar-refractivity contribution in [3.63, 3.8) is 0 Å². The molecule has 2 atom stereocenters. The lowest BCUT2D eigenvalue weighted by Crippen LogP contribution is -2.41. The van der Waals surface area contributed by atoms with Crippen LogP contribution in [-0.4, -0.2) is 43.7 Å². The lowest BCUT2D eigenvalue weighted by Gasteiger charge is -2.23. The number of sulfone groups is 1. The van der Waals surface area contributed by atoms with Crippen LogP contribution >= 0.6 is 0 Å². The second kappa shape index (κ2) is 7.29. The third kappa shape index (κ3) is 4.92. The van der Waals surface area contributed by atoms with Crippen molar-refractivity contribution >= 4 is 15.9 Å². The Labute approximate surface area is 138 Å². The Morgan fingerprint density at radius 3 is 2.83 bits per heavy atom. The van der Waals surface area contributed by atoms with Crippen LogP contribution in [0.25, 0.3) is 0 Å². The molecule has 2 rings (SSSR count). The molecule has 0 bridgehead atoms. The molecule has 0 aromatic carbocycles. The second-order valence-electron chi connectivity index (χ2n) is 6.56. The normalized spacial score (nSPS) is 22.5. The lowest BCUT2D eigenvalue weighted by atomic mass is 9.97. The molecule has 0 saturated carbocycles. The maximum Gasteiger partial charge on any atom is 0.317 e. The van der Waals surface area contributed by atoms with Gasteiger partial charge in [-0.05, 0) is 36.8 Å². The molecule has 0 radical (unpaired) electrons.